The van der Waals surface area contributed by atoms with Crippen molar-refractivity contribution in [1.82, 2.24) is 9.88 Å². The molecule has 0 bridgehead atoms. The summed E-state index contributed by atoms with van der Waals surface area (Å²) in [7, 11) is 0. The average molecular weight is 457 g/mol. The van der Waals surface area contributed by atoms with E-state index >= 15 is 0 Å². The Morgan fingerprint density at radius 2 is 1.88 bits per heavy atom. The molecule has 2 aromatic carbocycles. The van der Waals surface area contributed by atoms with Crippen molar-refractivity contribution in [1.29, 1.82) is 0 Å². The fraction of sp³-hybridized carbons (Fsp3) is 0.500. The second-order valence-electron chi connectivity index (χ2n) is 8.81. The summed E-state index contributed by atoms with van der Waals surface area (Å²) >= 11 is 1.84. The van der Waals surface area contributed by atoms with Gasteiger partial charge in [-0.15, -0.1) is 11.8 Å². The van der Waals surface area contributed by atoms with Gasteiger partial charge in [-0.2, -0.15) is 0 Å². The summed E-state index contributed by atoms with van der Waals surface area (Å²) in [4.78, 5) is 18.0. The highest BCUT2D eigenvalue weighted by atomic mass is 32.2. The number of fused-ring (bicyclic) bond motifs is 1. The van der Waals surface area contributed by atoms with Crippen LogP contribution in [-0.2, 0) is 0 Å². The van der Waals surface area contributed by atoms with Crippen LogP contribution in [0.1, 0.15) is 63.9 Å². The third kappa shape index (κ3) is 5.46. The lowest BCUT2D eigenvalue weighted by molar-refractivity contribution is 0.111. The fourth-order valence-electron chi connectivity index (χ4n) is 5.17. The molecular formula is C26H33FN2O2S. The predicted octanol–water partition coefficient (Wildman–Crippen LogP) is 6.57. The molecule has 0 unspecified atom stereocenters. The fourth-order valence-corrected chi connectivity index (χ4v) is 6.24. The first-order valence-corrected chi connectivity index (χ1v) is 12.8. The van der Waals surface area contributed by atoms with Gasteiger partial charge >= 0.3 is 5.76 Å². The number of rotatable bonds is 9. The molecule has 1 N–H and O–H groups in total. The lowest BCUT2D eigenvalue weighted by Gasteiger charge is -2.41. The summed E-state index contributed by atoms with van der Waals surface area (Å²) < 4.78 is 18.5. The molecule has 32 heavy (non-hydrogen) atoms. The lowest BCUT2D eigenvalue weighted by atomic mass is 9.80. The zero-order valence-corrected chi connectivity index (χ0v) is 19.8. The maximum atomic E-state index is 13.2. The Balaban J connectivity index is 1.38. The van der Waals surface area contributed by atoms with Crippen molar-refractivity contribution in [3.8, 4) is 0 Å². The van der Waals surface area contributed by atoms with Crippen molar-refractivity contribution in [3.63, 3.8) is 0 Å². The third-order valence-electron chi connectivity index (χ3n) is 6.79. The summed E-state index contributed by atoms with van der Waals surface area (Å²) in [5.74, 6) is 0.994. The Morgan fingerprint density at radius 3 is 2.56 bits per heavy atom. The Labute approximate surface area is 193 Å². The van der Waals surface area contributed by atoms with Gasteiger partial charge in [-0.3, -0.25) is 9.88 Å². The van der Waals surface area contributed by atoms with Crippen LogP contribution in [0.5, 0.6) is 0 Å². The smallest absolute Gasteiger partial charge is 0.408 e. The third-order valence-corrected chi connectivity index (χ3v) is 7.95. The molecule has 0 aliphatic heterocycles. The van der Waals surface area contributed by atoms with Crippen molar-refractivity contribution in [2.24, 2.45) is 0 Å². The molecule has 4 nitrogen and oxygen atoms in total. The van der Waals surface area contributed by atoms with Crippen LogP contribution in [0.25, 0.3) is 11.1 Å². The van der Waals surface area contributed by atoms with Gasteiger partial charge in [-0.25, -0.2) is 9.18 Å². The topological polar surface area (TPSA) is 49.2 Å². The van der Waals surface area contributed by atoms with E-state index in [1.54, 1.807) is 12.1 Å². The van der Waals surface area contributed by atoms with E-state index in [1.165, 1.54) is 31.2 Å². The Morgan fingerprint density at radius 1 is 1.12 bits per heavy atom. The van der Waals surface area contributed by atoms with Crippen LogP contribution in [0.4, 0.5) is 4.39 Å². The highest BCUT2D eigenvalue weighted by Crippen LogP contribution is 2.37. The standard InChI is InChI=1S/C26H33FN2O2S/c1-3-5-22(17-32-23-13-9-20(27)10-14-23)29(4-2)21-11-6-18(7-12-21)19-8-15-24-25(16-19)31-26(30)28-24/h8-10,13-16,18,21-22H,3-7,11-12,17H2,1-2H3,(H,28,30)/t18?,21?,22-/m0/s1. The first kappa shape index (κ1) is 23.1. The van der Waals surface area contributed by atoms with Crippen molar-refractivity contribution in [2.75, 3.05) is 12.3 Å². The average Bonchev–Trinajstić information content (AvgIpc) is 3.18. The molecule has 0 radical (unpaired) electrons. The second kappa shape index (κ2) is 10.7. The van der Waals surface area contributed by atoms with Crippen LogP contribution >= 0.6 is 11.8 Å². The monoisotopic (exact) mass is 456 g/mol. The molecule has 0 amide bonds. The van der Waals surface area contributed by atoms with Gasteiger partial charge in [0.25, 0.3) is 0 Å². The Bertz CT molecular complexity index is 1050. The highest BCUT2D eigenvalue weighted by Gasteiger charge is 2.30. The molecule has 1 aliphatic rings. The summed E-state index contributed by atoms with van der Waals surface area (Å²) in [6.07, 6.45) is 7.05. The van der Waals surface area contributed by atoms with Gasteiger partial charge in [0.05, 0.1) is 5.52 Å². The molecule has 1 atom stereocenters. The number of aromatic amines is 1. The summed E-state index contributed by atoms with van der Waals surface area (Å²) in [6.45, 7) is 5.60. The van der Waals surface area contributed by atoms with Crippen LogP contribution in [0, 0.1) is 5.82 Å². The van der Waals surface area contributed by atoms with Crippen LogP contribution < -0.4 is 5.76 Å². The van der Waals surface area contributed by atoms with E-state index in [1.807, 2.05) is 36.0 Å². The molecule has 3 aromatic rings. The van der Waals surface area contributed by atoms with Gasteiger partial charge in [0.15, 0.2) is 5.58 Å². The van der Waals surface area contributed by atoms with Crippen molar-refractivity contribution in [2.45, 2.75) is 75.3 Å². The zero-order chi connectivity index (χ0) is 22.5. The molecule has 1 saturated carbocycles. The minimum Gasteiger partial charge on any atom is -0.408 e. The Hall–Kier alpha value is -2.05. The molecule has 4 rings (SSSR count). The summed E-state index contributed by atoms with van der Waals surface area (Å²) in [5.41, 5.74) is 2.70. The van der Waals surface area contributed by atoms with Crippen molar-refractivity contribution < 1.29 is 8.81 Å². The SMILES string of the molecule is CCC[C@@H](CSc1ccc(F)cc1)N(CC)C1CCC(c2ccc3[nH]c(=O)oc3c2)CC1. The van der Waals surface area contributed by atoms with Gasteiger partial charge in [-0.1, -0.05) is 26.3 Å². The molecule has 172 valence electrons. The number of thioether (sulfide) groups is 1. The Kier molecular flexibility index (Phi) is 7.74. The molecule has 6 heteroatoms. The van der Waals surface area contributed by atoms with Crippen LogP contribution in [0.15, 0.2) is 56.6 Å². The minimum absolute atomic E-state index is 0.177. The molecule has 1 heterocycles. The number of benzene rings is 2. The minimum atomic E-state index is -0.389. The maximum Gasteiger partial charge on any atom is 0.417 e. The largest absolute Gasteiger partial charge is 0.417 e. The van der Waals surface area contributed by atoms with Gasteiger partial charge < -0.3 is 4.42 Å². The molecule has 1 aromatic heterocycles. The van der Waals surface area contributed by atoms with E-state index in [4.69, 9.17) is 4.42 Å². The molecule has 1 fully saturated rings. The van der Waals surface area contributed by atoms with Gasteiger partial charge in [0.1, 0.15) is 5.82 Å². The molecule has 1 aliphatic carbocycles. The van der Waals surface area contributed by atoms with Gasteiger partial charge in [0.2, 0.25) is 0 Å². The highest BCUT2D eigenvalue weighted by molar-refractivity contribution is 7.99. The van der Waals surface area contributed by atoms with E-state index in [0.29, 0.717) is 23.6 Å². The van der Waals surface area contributed by atoms with E-state index in [9.17, 15) is 9.18 Å². The van der Waals surface area contributed by atoms with E-state index in [2.05, 4.69) is 29.8 Å². The normalized spacial score (nSPS) is 20.1. The van der Waals surface area contributed by atoms with E-state index < -0.39 is 0 Å². The van der Waals surface area contributed by atoms with Gasteiger partial charge in [-0.05, 0) is 86.5 Å². The number of nitrogens with one attached hydrogen (secondary N) is 1. The van der Waals surface area contributed by atoms with Crippen LogP contribution in [0.3, 0.4) is 0 Å². The molecular weight excluding hydrogens is 423 g/mol. The van der Waals surface area contributed by atoms with E-state index in [0.717, 1.165) is 35.6 Å². The second-order valence-corrected chi connectivity index (χ2v) is 9.91. The first-order chi connectivity index (χ1) is 15.6. The zero-order valence-electron chi connectivity index (χ0n) is 19.0. The quantitative estimate of drug-likeness (QED) is 0.370. The number of oxazole rings is 1. The number of hydrogen-bond donors (Lipinski definition) is 1. The first-order valence-electron chi connectivity index (χ1n) is 11.8. The van der Waals surface area contributed by atoms with Crippen LogP contribution in [-0.4, -0.2) is 34.3 Å². The van der Waals surface area contributed by atoms with Crippen molar-refractivity contribution >= 4 is 22.9 Å². The van der Waals surface area contributed by atoms with Crippen LogP contribution in [0.2, 0.25) is 0 Å². The van der Waals surface area contributed by atoms with E-state index in [-0.39, 0.29) is 11.6 Å². The molecule has 0 saturated heterocycles. The van der Waals surface area contributed by atoms with Crippen molar-refractivity contribution in [3.05, 3.63) is 64.4 Å². The number of aromatic nitrogens is 1. The summed E-state index contributed by atoms with van der Waals surface area (Å²) in [5, 5.41) is 0. The number of hydrogen-bond acceptors (Lipinski definition) is 4. The number of H-pyrrole nitrogens is 1. The predicted molar refractivity (Wildman–Crippen MR) is 130 cm³/mol. The lowest BCUT2D eigenvalue weighted by Crippen LogP contribution is -2.45. The molecule has 0 spiro atoms. The summed E-state index contributed by atoms with van der Waals surface area (Å²) in [6, 6.07) is 14.1. The number of halogens is 1. The number of nitrogens with zero attached hydrogens (tertiary/aromatic N) is 1. The maximum absolute atomic E-state index is 13.2. The van der Waals surface area contributed by atoms with Gasteiger partial charge in [0, 0.05) is 22.7 Å².